The van der Waals surface area contributed by atoms with Crippen molar-refractivity contribution in [3.05, 3.63) is 59.7 Å². The molecule has 0 spiro atoms. The van der Waals surface area contributed by atoms with Gasteiger partial charge >= 0.3 is 0 Å². The van der Waals surface area contributed by atoms with Crippen molar-refractivity contribution in [1.29, 1.82) is 0 Å². The van der Waals surface area contributed by atoms with Gasteiger partial charge in [0.25, 0.3) is 5.91 Å². The highest BCUT2D eigenvalue weighted by atomic mass is 32.2. The van der Waals surface area contributed by atoms with Gasteiger partial charge in [0.05, 0.1) is 6.26 Å². The summed E-state index contributed by atoms with van der Waals surface area (Å²) < 4.78 is 24.7. The van der Waals surface area contributed by atoms with Gasteiger partial charge in [-0.1, -0.05) is 6.07 Å². The summed E-state index contributed by atoms with van der Waals surface area (Å²) in [6, 6.07) is 12.2. The van der Waals surface area contributed by atoms with Crippen LogP contribution in [0.5, 0.6) is 0 Å². The molecule has 4 N–H and O–H groups in total. The van der Waals surface area contributed by atoms with Gasteiger partial charge in [-0.2, -0.15) is 0 Å². The van der Waals surface area contributed by atoms with Gasteiger partial charge in [0.1, 0.15) is 0 Å². The van der Waals surface area contributed by atoms with Crippen molar-refractivity contribution in [2.45, 2.75) is 0 Å². The van der Waals surface area contributed by atoms with E-state index >= 15 is 0 Å². The largest absolute Gasteiger partial charge is 0.366 e. The maximum Gasteiger partial charge on any atom is 0.255 e. The first-order valence-corrected chi connectivity index (χ1v) is 8.43. The lowest BCUT2D eigenvalue weighted by atomic mass is 10.1. The van der Waals surface area contributed by atoms with E-state index in [4.69, 9.17) is 5.73 Å². The molecule has 2 aromatic rings. The molecule has 0 atom stereocenters. The summed E-state index contributed by atoms with van der Waals surface area (Å²) in [7, 11) is -3.42. The Morgan fingerprint density at radius 3 is 2.17 bits per heavy atom. The van der Waals surface area contributed by atoms with E-state index in [9.17, 15) is 18.0 Å². The molecule has 0 aliphatic carbocycles. The molecule has 2 amide bonds. The summed E-state index contributed by atoms with van der Waals surface area (Å²) >= 11 is 0. The van der Waals surface area contributed by atoms with Crippen LogP contribution in [0.15, 0.2) is 48.5 Å². The fourth-order valence-electron chi connectivity index (χ4n) is 1.86. The van der Waals surface area contributed by atoms with Gasteiger partial charge < -0.3 is 11.1 Å². The van der Waals surface area contributed by atoms with Gasteiger partial charge in [-0.15, -0.1) is 0 Å². The van der Waals surface area contributed by atoms with E-state index in [0.717, 1.165) is 6.26 Å². The third-order valence-corrected chi connectivity index (χ3v) is 3.46. The second-order valence-corrected chi connectivity index (χ2v) is 6.60. The SMILES string of the molecule is CS(=O)(=O)Nc1cccc(C(=O)Nc2ccc(C(N)=O)cc2)c1. The smallest absolute Gasteiger partial charge is 0.255 e. The minimum Gasteiger partial charge on any atom is -0.366 e. The molecule has 7 nitrogen and oxygen atoms in total. The molecule has 0 bridgehead atoms. The van der Waals surface area contributed by atoms with Gasteiger partial charge in [0.15, 0.2) is 0 Å². The highest BCUT2D eigenvalue weighted by Crippen LogP contribution is 2.15. The lowest BCUT2D eigenvalue weighted by Gasteiger charge is -2.08. The molecule has 0 radical (unpaired) electrons. The zero-order chi connectivity index (χ0) is 17.0. The van der Waals surface area contributed by atoms with Gasteiger partial charge in [-0.05, 0) is 42.5 Å². The molecule has 0 saturated carbocycles. The molecule has 23 heavy (non-hydrogen) atoms. The van der Waals surface area contributed by atoms with Gasteiger partial charge in [0, 0.05) is 22.5 Å². The predicted octanol–water partition coefficient (Wildman–Crippen LogP) is 1.41. The Hall–Kier alpha value is -2.87. The Balaban J connectivity index is 2.14. The minimum absolute atomic E-state index is 0.289. The number of hydrogen-bond acceptors (Lipinski definition) is 4. The zero-order valence-electron chi connectivity index (χ0n) is 12.2. The van der Waals surface area contributed by atoms with E-state index in [2.05, 4.69) is 10.0 Å². The summed E-state index contributed by atoms with van der Waals surface area (Å²) in [5.74, 6) is -0.962. The molecular formula is C15H15N3O4S. The maximum absolute atomic E-state index is 12.2. The molecule has 0 aromatic heterocycles. The average Bonchev–Trinajstić information content (AvgIpc) is 2.46. The Kier molecular flexibility index (Phi) is 4.65. The van der Waals surface area contributed by atoms with Crippen molar-refractivity contribution in [2.24, 2.45) is 5.73 Å². The Labute approximate surface area is 133 Å². The molecule has 0 fully saturated rings. The van der Waals surface area contributed by atoms with Gasteiger partial charge in [-0.25, -0.2) is 8.42 Å². The first kappa shape index (κ1) is 16.5. The van der Waals surface area contributed by atoms with Crippen molar-refractivity contribution in [1.82, 2.24) is 0 Å². The molecule has 0 unspecified atom stereocenters. The van der Waals surface area contributed by atoms with Crippen LogP contribution in [0, 0.1) is 0 Å². The van der Waals surface area contributed by atoms with Gasteiger partial charge in [-0.3, -0.25) is 14.3 Å². The van der Waals surface area contributed by atoms with Gasteiger partial charge in [0.2, 0.25) is 15.9 Å². The number of carbonyl (C=O) groups is 2. The second kappa shape index (κ2) is 6.49. The fraction of sp³-hybridized carbons (Fsp3) is 0.0667. The van der Waals surface area contributed by atoms with E-state index in [1.807, 2.05) is 0 Å². The van der Waals surface area contributed by atoms with Crippen molar-refractivity contribution in [3.63, 3.8) is 0 Å². The number of primary amides is 1. The number of rotatable bonds is 5. The van der Waals surface area contributed by atoms with Crippen LogP contribution in [0.3, 0.4) is 0 Å². The van der Waals surface area contributed by atoms with Crippen LogP contribution in [0.1, 0.15) is 20.7 Å². The third-order valence-electron chi connectivity index (χ3n) is 2.86. The number of amides is 2. The zero-order valence-corrected chi connectivity index (χ0v) is 13.1. The fourth-order valence-corrected chi connectivity index (χ4v) is 2.41. The molecule has 0 saturated heterocycles. The number of sulfonamides is 1. The highest BCUT2D eigenvalue weighted by molar-refractivity contribution is 7.92. The van der Waals surface area contributed by atoms with Crippen molar-refractivity contribution in [2.75, 3.05) is 16.3 Å². The minimum atomic E-state index is -3.42. The number of hydrogen-bond donors (Lipinski definition) is 3. The normalized spacial score (nSPS) is 10.8. The van der Waals surface area contributed by atoms with Crippen molar-refractivity contribution in [3.8, 4) is 0 Å². The first-order chi connectivity index (χ1) is 10.7. The molecular weight excluding hydrogens is 318 g/mol. The van der Waals surface area contributed by atoms with Crippen LogP contribution in [-0.2, 0) is 10.0 Å². The Morgan fingerprint density at radius 1 is 0.957 bits per heavy atom. The molecule has 120 valence electrons. The van der Waals surface area contributed by atoms with Crippen molar-refractivity contribution < 1.29 is 18.0 Å². The number of anilines is 2. The second-order valence-electron chi connectivity index (χ2n) is 4.85. The number of nitrogens with one attached hydrogen (secondary N) is 2. The predicted molar refractivity (Wildman–Crippen MR) is 87.8 cm³/mol. The molecule has 2 aromatic carbocycles. The van der Waals surface area contributed by atoms with Crippen molar-refractivity contribution >= 4 is 33.2 Å². The van der Waals surface area contributed by atoms with E-state index in [-0.39, 0.29) is 5.56 Å². The number of carbonyl (C=O) groups excluding carboxylic acids is 2. The maximum atomic E-state index is 12.2. The lowest BCUT2D eigenvalue weighted by molar-refractivity contribution is 0.0998. The van der Waals surface area contributed by atoms with E-state index < -0.39 is 21.8 Å². The van der Waals surface area contributed by atoms with Crippen LogP contribution in [0.4, 0.5) is 11.4 Å². The summed E-state index contributed by atoms with van der Waals surface area (Å²) in [5.41, 5.74) is 6.55. The lowest BCUT2D eigenvalue weighted by Crippen LogP contribution is -2.14. The third kappa shape index (κ3) is 4.82. The number of nitrogens with two attached hydrogens (primary N) is 1. The van der Waals surface area contributed by atoms with Crippen LogP contribution in [-0.4, -0.2) is 26.5 Å². The standard InChI is InChI=1S/C15H15N3O4S/c1-23(21,22)18-13-4-2-3-11(9-13)15(20)17-12-7-5-10(6-8-12)14(16)19/h2-9,18H,1H3,(H2,16,19)(H,17,20). The summed E-state index contributed by atoms with van der Waals surface area (Å²) in [4.78, 5) is 23.2. The van der Waals surface area contributed by atoms with E-state index in [0.29, 0.717) is 16.9 Å². The molecule has 8 heteroatoms. The Morgan fingerprint density at radius 2 is 1.61 bits per heavy atom. The average molecular weight is 333 g/mol. The molecule has 0 aliphatic heterocycles. The van der Waals surface area contributed by atoms with Crippen LogP contribution < -0.4 is 15.8 Å². The molecule has 0 aliphatic rings. The first-order valence-electron chi connectivity index (χ1n) is 6.54. The Bertz CT molecular complexity index is 845. The quantitative estimate of drug-likeness (QED) is 0.766. The molecule has 0 heterocycles. The van der Waals surface area contributed by atoms with E-state index in [1.54, 1.807) is 30.3 Å². The molecule has 2 rings (SSSR count). The van der Waals surface area contributed by atoms with E-state index in [1.165, 1.54) is 18.2 Å². The van der Waals surface area contributed by atoms with Crippen LogP contribution >= 0.6 is 0 Å². The van der Waals surface area contributed by atoms with Crippen LogP contribution in [0.2, 0.25) is 0 Å². The monoisotopic (exact) mass is 333 g/mol. The highest BCUT2D eigenvalue weighted by Gasteiger charge is 2.09. The van der Waals surface area contributed by atoms with Crippen LogP contribution in [0.25, 0.3) is 0 Å². The summed E-state index contributed by atoms with van der Waals surface area (Å²) in [5, 5.41) is 2.65. The number of benzene rings is 2. The summed E-state index contributed by atoms with van der Waals surface area (Å²) in [6.07, 6.45) is 1.03. The topological polar surface area (TPSA) is 118 Å². The summed E-state index contributed by atoms with van der Waals surface area (Å²) in [6.45, 7) is 0.